The molecule has 0 unspecified atom stereocenters. The summed E-state index contributed by atoms with van der Waals surface area (Å²) in [6.45, 7) is 8.43. The van der Waals surface area contributed by atoms with Gasteiger partial charge in [-0.3, -0.25) is 15.5 Å². The fourth-order valence-electron chi connectivity index (χ4n) is 2.20. The summed E-state index contributed by atoms with van der Waals surface area (Å²) in [6.07, 6.45) is 0. The molecule has 4 nitrogen and oxygen atoms in total. The monoisotopic (exact) mass is 353 g/mol. The number of nitrogens with zero attached hydrogens (tertiary/aromatic N) is 1. The minimum Gasteiger partial charge on any atom is -0.298 e. The average molecular weight is 353 g/mol. The molecule has 5 heteroatoms. The molecule has 2 aromatic carbocycles. The molecule has 2 aromatic rings. The van der Waals surface area contributed by atoms with Gasteiger partial charge in [-0.05, 0) is 47.8 Å². The van der Waals surface area contributed by atoms with Crippen LogP contribution in [0.3, 0.4) is 0 Å². The van der Waals surface area contributed by atoms with Crippen molar-refractivity contribution in [2.45, 2.75) is 33.1 Å². The number of thiocarbonyl (C=S) groups is 1. The van der Waals surface area contributed by atoms with E-state index in [-0.39, 0.29) is 16.4 Å². The molecule has 0 heterocycles. The Kier molecular flexibility index (Phi) is 6.04. The fourth-order valence-corrected chi connectivity index (χ4v) is 2.34. The third-order valence-corrected chi connectivity index (χ3v) is 3.95. The van der Waals surface area contributed by atoms with Crippen LogP contribution in [-0.4, -0.2) is 16.7 Å². The van der Waals surface area contributed by atoms with E-state index in [1.54, 1.807) is 24.3 Å². The number of carbonyl (C=O) groups is 1. The van der Waals surface area contributed by atoms with Crippen LogP contribution >= 0.6 is 12.2 Å². The van der Waals surface area contributed by atoms with Crippen molar-refractivity contribution in [3.05, 3.63) is 71.3 Å². The number of nitrogens with one attached hydrogen (secondary N) is 2. The van der Waals surface area contributed by atoms with Gasteiger partial charge in [-0.1, -0.05) is 63.2 Å². The van der Waals surface area contributed by atoms with Gasteiger partial charge < -0.3 is 0 Å². The molecule has 2 N–H and O–H groups in total. The van der Waals surface area contributed by atoms with Gasteiger partial charge in [0.2, 0.25) is 0 Å². The highest BCUT2D eigenvalue weighted by molar-refractivity contribution is 7.80. The second-order valence-corrected chi connectivity index (χ2v) is 7.19. The van der Waals surface area contributed by atoms with Crippen molar-refractivity contribution in [2.24, 2.45) is 5.10 Å². The van der Waals surface area contributed by atoms with E-state index in [0.29, 0.717) is 5.56 Å². The van der Waals surface area contributed by atoms with Gasteiger partial charge >= 0.3 is 0 Å². The maximum Gasteiger partial charge on any atom is 0.257 e. The largest absolute Gasteiger partial charge is 0.298 e. The minimum absolute atomic E-state index is 0.116. The van der Waals surface area contributed by atoms with Gasteiger partial charge in [-0.2, -0.15) is 5.10 Å². The number of rotatable bonds is 3. The Bertz CT molecular complexity index is 775. The molecule has 0 radical (unpaired) electrons. The first-order chi connectivity index (χ1) is 11.8. The summed E-state index contributed by atoms with van der Waals surface area (Å²) in [5.41, 5.74) is 6.43. The minimum atomic E-state index is -0.263. The third-order valence-electron chi connectivity index (χ3n) is 3.76. The average Bonchev–Trinajstić information content (AvgIpc) is 2.59. The smallest absolute Gasteiger partial charge is 0.257 e. The zero-order chi connectivity index (χ0) is 18.4. The van der Waals surface area contributed by atoms with Crippen LogP contribution in [0.4, 0.5) is 0 Å². The molecule has 0 bridgehead atoms. The Morgan fingerprint density at radius 2 is 1.56 bits per heavy atom. The SMILES string of the molecule is CC(=NNC(=S)NC(=O)c1ccccc1)c1ccc(C(C)(C)C)cc1. The molecule has 0 atom stereocenters. The van der Waals surface area contributed by atoms with Crippen LogP contribution in [0.25, 0.3) is 0 Å². The van der Waals surface area contributed by atoms with Gasteiger partial charge in [-0.25, -0.2) is 0 Å². The van der Waals surface area contributed by atoms with Gasteiger partial charge in [0.05, 0.1) is 5.71 Å². The normalized spacial score (nSPS) is 11.8. The van der Waals surface area contributed by atoms with Crippen molar-refractivity contribution in [2.75, 3.05) is 0 Å². The van der Waals surface area contributed by atoms with E-state index in [2.05, 4.69) is 48.7 Å². The molecule has 0 fully saturated rings. The number of carbonyl (C=O) groups excluding carboxylic acids is 1. The first-order valence-corrected chi connectivity index (χ1v) is 8.50. The lowest BCUT2D eigenvalue weighted by Crippen LogP contribution is -2.37. The van der Waals surface area contributed by atoms with Crippen LogP contribution in [0.5, 0.6) is 0 Å². The van der Waals surface area contributed by atoms with Crippen LogP contribution in [-0.2, 0) is 5.41 Å². The lowest BCUT2D eigenvalue weighted by atomic mass is 9.86. The first-order valence-electron chi connectivity index (χ1n) is 8.09. The topological polar surface area (TPSA) is 53.5 Å². The van der Waals surface area contributed by atoms with Crippen LogP contribution in [0.15, 0.2) is 59.7 Å². The Morgan fingerprint density at radius 3 is 2.12 bits per heavy atom. The second kappa shape index (κ2) is 8.03. The third kappa shape index (κ3) is 5.50. The summed E-state index contributed by atoms with van der Waals surface area (Å²) >= 11 is 5.12. The molecular weight excluding hydrogens is 330 g/mol. The van der Waals surface area contributed by atoms with Gasteiger partial charge in [-0.15, -0.1) is 0 Å². The zero-order valence-electron chi connectivity index (χ0n) is 15.0. The van der Waals surface area contributed by atoms with Crippen molar-refractivity contribution in [3.63, 3.8) is 0 Å². The number of hydrogen-bond donors (Lipinski definition) is 2. The van der Waals surface area contributed by atoms with E-state index in [9.17, 15) is 4.79 Å². The molecular formula is C20H23N3OS. The van der Waals surface area contributed by atoms with Crippen LogP contribution < -0.4 is 10.7 Å². The molecule has 0 saturated carbocycles. The lowest BCUT2D eigenvalue weighted by Gasteiger charge is -2.19. The molecule has 2 rings (SSSR count). The number of hydrogen-bond acceptors (Lipinski definition) is 3. The van der Waals surface area contributed by atoms with Gasteiger partial charge in [0.25, 0.3) is 5.91 Å². The predicted molar refractivity (Wildman–Crippen MR) is 107 cm³/mol. The summed E-state index contributed by atoms with van der Waals surface area (Å²) < 4.78 is 0. The zero-order valence-corrected chi connectivity index (χ0v) is 15.8. The molecule has 0 aliphatic carbocycles. The molecule has 1 amide bonds. The standard InChI is InChI=1S/C20H23N3OS/c1-14(15-10-12-17(13-11-15)20(2,3)4)22-23-19(25)21-18(24)16-8-6-5-7-9-16/h5-13H,1-4H3,(H2,21,23,24,25). The highest BCUT2D eigenvalue weighted by atomic mass is 32.1. The van der Waals surface area contributed by atoms with Gasteiger partial charge in [0.1, 0.15) is 0 Å². The summed E-state index contributed by atoms with van der Waals surface area (Å²) in [7, 11) is 0. The summed E-state index contributed by atoms with van der Waals surface area (Å²) in [4.78, 5) is 12.0. The molecule has 0 aliphatic rings. The maximum atomic E-state index is 12.0. The quantitative estimate of drug-likeness (QED) is 0.498. The van der Waals surface area contributed by atoms with Crippen LogP contribution in [0, 0.1) is 0 Å². The molecule has 130 valence electrons. The van der Waals surface area contributed by atoms with Gasteiger partial charge in [0.15, 0.2) is 5.11 Å². The molecule has 0 aliphatic heterocycles. The van der Waals surface area contributed by atoms with Crippen molar-refractivity contribution >= 4 is 28.9 Å². The van der Waals surface area contributed by atoms with Crippen molar-refractivity contribution in [1.82, 2.24) is 10.7 Å². The van der Waals surface area contributed by atoms with Crippen LogP contribution in [0.2, 0.25) is 0 Å². The highest BCUT2D eigenvalue weighted by Gasteiger charge is 2.13. The molecule has 0 saturated heterocycles. The molecule has 25 heavy (non-hydrogen) atoms. The number of amides is 1. The Morgan fingerprint density at radius 1 is 0.960 bits per heavy atom. The van der Waals surface area contributed by atoms with Crippen LogP contribution in [0.1, 0.15) is 49.2 Å². The second-order valence-electron chi connectivity index (χ2n) is 6.79. The Balaban J connectivity index is 1.96. The summed E-state index contributed by atoms with van der Waals surface area (Å²) in [5.74, 6) is -0.263. The summed E-state index contributed by atoms with van der Waals surface area (Å²) in [5, 5.41) is 7.02. The lowest BCUT2D eigenvalue weighted by molar-refractivity contribution is 0.0976. The van der Waals surface area contributed by atoms with Crippen molar-refractivity contribution in [1.29, 1.82) is 0 Å². The van der Waals surface area contributed by atoms with E-state index in [4.69, 9.17) is 12.2 Å². The van der Waals surface area contributed by atoms with E-state index >= 15 is 0 Å². The maximum absolute atomic E-state index is 12.0. The Hall–Kier alpha value is -2.53. The van der Waals surface area contributed by atoms with E-state index in [0.717, 1.165) is 11.3 Å². The fraction of sp³-hybridized carbons (Fsp3) is 0.250. The van der Waals surface area contributed by atoms with Gasteiger partial charge in [0, 0.05) is 5.56 Å². The number of benzene rings is 2. The first kappa shape index (κ1) is 18.8. The Labute approximate surface area is 154 Å². The molecule has 0 spiro atoms. The van der Waals surface area contributed by atoms with E-state index in [1.165, 1.54) is 5.56 Å². The summed E-state index contributed by atoms with van der Waals surface area (Å²) in [6, 6.07) is 17.2. The van der Waals surface area contributed by atoms with Crippen molar-refractivity contribution < 1.29 is 4.79 Å². The van der Waals surface area contributed by atoms with Crippen molar-refractivity contribution in [3.8, 4) is 0 Å². The molecule has 0 aromatic heterocycles. The number of hydrazone groups is 1. The van der Waals surface area contributed by atoms with E-state index < -0.39 is 0 Å². The van der Waals surface area contributed by atoms with E-state index in [1.807, 2.05) is 25.1 Å². The predicted octanol–water partition coefficient (Wildman–Crippen LogP) is 4.01. The highest BCUT2D eigenvalue weighted by Crippen LogP contribution is 2.22.